The van der Waals surface area contributed by atoms with Gasteiger partial charge >= 0.3 is 0 Å². The van der Waals surface area contributed by atoms with Crippen LogP contribution in [-0.4, -0.2) is 30.8 Å². The first-order valence-electron chi connectivity index (χ1n) is 7.38. The number of hydrogen-bond donors (Lipinski definition) is 2. The molecule has 3 aliphatic rings. The van der Waals surface area contributed by atoms with E-state index in [1.54, 1.807) is 0 Å². The molecule has 3 atom stereocenters. The largest absolute Gasteiger partial charge is 0.374 e. The summed E-state index contributed by atoms with van der Waals surface area (Å²) >= 11 is 0. The highest BCUT2D eigenvalue weighted by Crippen LogP contribution is 2.47. The van der Waals surface area contributed by atoms with Crippen molar-refractivity contribution in [1.29, 1.82) is 0 Å². The van der Waals surface area contributed by atoms with Gasteiger partial charge in [-0.3, -0.25) is 4.99 Å². The Balaban J connectivity index is 0.00000133. The monoisotopic (exact) mass is 379 g/mol. The predicted octanol–water partition coefficient (Wildman–Crippen LogP) is 2.41. The van der Waals surface area contributed by atoms with Crippen LogP contribution < -0.4 is 11.1 Å². The summed E-state index contributed by atoms with van der Waals surface area (Å²) in [5.74, 6) is 0.630. The van der Waals surface area contributed by atoms with E-state index in [1.807, 2.05) is 0 Å². The van der Waals surface area contributed by atoms with E-state index in [2.05, 4.69) is 17.2 Å². The van der Waals surface area contributed by atoms with E-state index in [0.717, 1.165) is 13.0 Å². The number of rotatable bonds is 3. The van der Waals surface area contributed by atoms with E-state index in [4.69, 9.17) is 10.5 Å². The third-order valence-corrected chi connectivity index (χ3v) is 4.90. The molecule has 2 heterocycles. The van der Waals surface area contributed by atoms with E-state index in [0.29, 0.717) is 24.2 Å². The van der Waals surface area contributed by atoms with Gasteiger partial charge in [0.05, 0.1) is 18.8 Å². The second-order valence-corrected chi connectivity index (χ2v) is 6.51. The number of aliphatic imine (C=N–C) groups is 1. The van der Waals surface area contributed by atoms with Crippen LogP contribution >= 0.6 is 24.0 Å². The van der Waals surface area contributed by atoms with Crippen molar-refractivity contribution in [1.82, 2.24) is 5.32 Å². The van der Waals surface area contributed by atoms with Crippen molar-refractivity contribution < 1.29 is 4.74 Å². The molecule has 2 saturated heterocycles. The minimum atomic E-state index is 0. The molecule has 3 rings (SSSR count). The molecule has 0 aromatic heterocycles. The van der Waals surface area contributed by atoms with Gasteiger partial charge in [-0.15, -0.1) is 24.0 Å². The number of fused-ring (bicyclic) bond motifs is 2. The SMILES string of the molecule is CC1(CN=C(N)NC2CCCC2)CC2CCC1O2.I. The van der Waals surface area contributed by atoms with Gasteiger partial charge in [-0.1, -0.05) is 19.8 Å². The number of hydrogen-bond acceptors (Lipinski definition) is 2. The number of nitrogens with one attached hydrogen (secondary N) is 1. The molecule has 1 aliphatic carbocycles. The molecule has 4 nitrogen and oxygen atoms in total. The minimum absolute atomic E-state index is 0. The minimum Gasteiger partial charge on any atom is -0.374 e. The van der Waals surface area contributed by atoms with Gasteiger partial charge in [0, 0.05) is 11.5 Å². The van der Waals surface area contributed by atoms with Crippen LogP contribution in [0.15, 0.2) is 4.99 Å². The Labute approximate surface area is 133 Å². The van der Waals surface area contributed by atoms with Crippen molar-refractivity contribution in [3.8, 4) is 0 Å². The summed E-state index contributed by atoms with van der Waals surface area (Å²) in [5.41, 5.74) is 6.20. The Morgan fingerprint density at radius 1 is 1.32 bits per heavy atom. The fourth-order valence-electron chi connectivity index (χ4n) is 3.78. The Kier molecular flexibility index (Phi) is 4.98. The summed E-state index contributed by atoms with van der Waals surface area (Å²) in [6.07, 6.45) is 9.60. The molecule has 0 aromatic rings. The molecule has 0 spiro atoms. The summed E-state index contributed by atoms with van der Waals surface area (Å²) in [6, 6.07) is 0.554. The Bertz CT molecular complexity index is 344. The molecule has 0 aromatic carbocycles. The fourth-order valence-corrected chi connectivity index (χ4v) is 3.78. The predicted molar refractivity (Wildman–Crippen MR) is 87.9 cm³/mol. The topological polar surface area (TPSA) is 59.6 Å². The Morgan fingerprint density at radius 2 is 2.05 bits per heavy atom. The lowest BCUT2D eigenvalue weighted by Crippen LogP contribution is -2.40. The van der Waals surface area contributed by atoms with E-state index < -0.39 is 0 Å². The van der Waals surface area contributed by atoms with Crippen molar-refractivity contribution >= 4 is 29.9 Å². The van der Waals surface area contributed by atoms with Crippen LogP contribution in [0.3, 0.4) is 0 Å². The van der Waals surface area contributed by atoms with Crippen LogP contribution in [0.1, 0.15) is 51.9 Å². The van der Waals surface area contributed by atoms with Crippen LogP contribution in [0.5, 0.6) is 0 Å². The van der Waals surface area contributed by atoms with Gasteiger partial charge in [-0.25, -0.2) is 0 Å². The average Bonchev–Trinajstić information content (AvgIpc) is 3.02. The molecule has 5 heteroatoms. The van der Waals surface area contributed by atoms with E-state index in [9.17, 15) is 0 Å². The van der Waals surface area contributed by atoms with Crippen LogP contribution in [0.25, 0.3) is 0 Å². The Hall–Kier alpha value is -0.0400. The quantitative estimate of drug-likeness (QED) is 0.450. The second kappa shape index (κ2) is 6.16. The molecule has 110 valence electrons. The molecule has 3 fully saturated rings. The zero-order valence-corrected chi connectivity index (χ0v) is 14.1. The zero-order valence-electron chi connectivity index (χ0n) is 11.7. The van der Waals surface area contributed by atoms with Crippen molar-refractivity contribution in [2.45, 2.75) is 70.1 Å². The average molecular weight is 379 g/mol. The molecule has 0 amide bonds. The van der Waals surface area contributed by atoms with Gasteiger partial charge in [0.15, 0.2) is 5.96 Å². The third kappa shape index (κ3) is 3.35. The fraction of sp³-hybridized carbons (Fsp3) is 0.929. The second-order valence-electron chi connectivity index (χ2n) is 6.51. The first-order valence-corrected chi connectivity index (χ1v) is 7.38. The summed E-state index contributed by atoms with van der Waals surface area (Å²) in [5, 5.41) is 3.35. The molecule has 3 N–H and O–H groups in total. The number of nitrogens with zero attached hydrogens (tertiary/aromatic N) is 1. The van der Waals surface area contributed by atoms with Crippen molar-refractivity contribution in [3.63, 3.8) is 0 Å². The highest BCUT2D eigenvalue weighted by molar-refractivity contribution is 14.0. The lowest BCUT2D eigenvalue weighted by Gasteiger charge is -2.29. The molecule has 3 unspecified atom stereocenters. The lowest BCUT2D eigenvalue weighted by atomic mass is 9.76. The van der Waals surface area contributed by atoms with Gasteiger partial charge in [0.2, 0.25) is 0 Å². The summed E-state index contributed by atoms with van der Waals surface area (Å²) in [7, 11) is 0. The molecule has 1 saturated carbocycles. The zero-order chi connectivity index (χ0) is 12.6. The van der Waals surface area contributed by atoms with Crippen LogP contribution in [0.2, 0.25) is 0 Å². The maximum atomic E-state index is 5.99. The van der Waals surface area contributed by atoms with Crippen LogP contribution in [0.4, 0.5) is 0 Å². The van der Waals surface area contributed by atoms with Crippen molar-refractivity contribution in [3.05, 3.63) is 0 Å². The molecular formula is C14H26IN3O. The maximum absolute atomic E-state index is 5.99. The number of ether oxygens (including phenoxy) is 1. The molecular weight excluding hydrogens is 353 g/mol. The number of halogens is 1. The number of nitrogens with two attached hydrogens (primary N) is 1. The third-order valence-electron chi connectivity index (χ3n) is 4.90. The Morgan fingerprint density at radius 3 is 2.63 bits per heavy atom. The highest BCUT2D eigenvalue weighted by Gasteiger charge is 2.49. The smallest absolute Gasteiger partial charge is 0.188 e. The highest BCUT2D eigenvalue weighted by atomic mass is 127. The van der Waals surface area contributed by atoms with Crippen molar-refractivity contribution in [2.24, 2.45) is 16.1 Å². The van der Waals surface area contributed by atoms with Gasteiger partial charge in [0.25, 0.3) is 0 Å². The molecule has 2 bridgehead atoms. The normalized spacial score (nSPS) is 38.5. The van der Waals surface area contributed by atoms with Gasteiger partial charge in [-0.2, -0.15) is 0 Å². The van der Waals surface area contributed by atoms with Crippen LogP contribution in [0, 0.1) is 5.41 Å². The first kappa shape index (κ1) is 15.4. The summed E-state index contributed by atoms with van der Waals surface area (Å²) < 4.78 is 5.92. The first-order chi connectivity index (χ1) is 8.66. The van der Waals surface area contributed by atoms with Gasteiger partial charge in [-0.05, 0) is 32.1 Å². The van der Waals surface area contributed by atoms with Gasteiger partial charge < -0.3 is 15.8 Å². The maximum Gasteiger partial charge on any atom is 0.188 e. The standard InChI is InChI=1S/C14H25N3O.HI/c1-14(8-11-6-7-12(14)18-11)9-16-13(15)17-10-4-2-3-5-10;/h10-12H,2-9H2,1H3,(H3,15,16,17);1H. The number of guanidine groups is 1. The van der Waals surface area contributed by atoms with Crippen LogP contribution in [-0.2, 0) is 4.74 Å². The van der Waals surface area contributed by atoms with E-state index in [1.165, 1.54) is 38.5 Å². The summed E-state index contributed by atoms with van der Waals surface area (Å²) in [6.45, 7) is 3.10. The van der Waals surface area contributed by atoms with E-state index >= 15 is 0 Å². The van der Waals surface area contributed by atoms with Gasteiger partial charge in [0.1, 0.15) is 0 Å². The van der Waals surface area contributed by atoms with E-state index in [-0.39, 0.29) is 29.4 Å². The molecule has 19 heavy (non-hydrogen) atoms. The summed E-state index contributed by atoms with van der Waals surface area (Å²) in [4.78, 5) is 4.56. The molecule has 2 aliphatic heterocycles. The lowest BCUT2D eigenvalue weighted by molar-refractivity contribution is 0.0706. The molecule has 0 radical (unpaired) electrons. The van der Waals surface area contributed by atoms with Crippen molar-refractivity contribution in [2.75, 3.05) is 6.54 Å².